The van der Waals surface area contributed by atoms with Crippen molar-refractivity contribution in [2.24, 2.45) is 7.05 Å². The van der Waals surface area contributed by atoms with Gasteiger partial charge in [-0.1, -0.05) is 37.3 Å². The smallest absolute Gasteiger partial charge is 0.338 e. The number of hydrogen-bond donors (Lipinski definition) is 0. The minimum atomic E-state index is -1.26. The zero-order valence-corrected chi connectivity index (χ0v) is 16.5. The van der Waals surface area contributed by atoms with Crippen LogP contribution in [0.25, 0.3) is 11.3 Å². The van der Waals surface area contributed by atoms with Gasteiger partial charge in [0.1, 0.15) is 0 Å². The number of esters is 1. The van der Waals surface area contributed by atoms with Gasteiger partial charge in [0.05, 0.1) is 34.9 Å². The first-order valence-corrected chi connectivity index (χ1v) is 10.0. The number of aryl methyl sites for hydroxylation is 2. The van der Waals surface area contributed by atoms with Gasteiger partial charge in [-0.25, -0.2) is 4.79 Å². The highest BCUT2D eigenvalue weighted by Gasteiger charge is 2.24. The van der Waals surface area contributed by atoms with E-state index >= 15 is 0 Å². The van der Waals surface area contributed by atoms with Crippen molar-refractivity contribution < 1.29 is 13.7 Å². The van der Waals surface area contributed by atoms with Gasteiger partial charge in [0.25, 0.3) is 0 Å². The highest BCUT2D eigenvalue weighted by atomic mass is 32.2. The van der Waals surface area contributed by atoms with E-state index in [1.807, 2.05) is 62.5 Å². The van der Waals surface area contributed by atoms with E-state index in [1.165, 1.54) is 7.11 Å². The molecule has 3 aromatic rings. The second-order valence-corrected chi connectivity index (χ2v) is 7.57. The molecule has 0 amide bonds. The number of benzene rings is 2. The molecule has 0 aliphatic rings. The topological polar surface area (TPSA) is 61.2 Å². The van der Waals surface area contributed by atoms with Crippen LogP contribution in [0.1, 0.15) is 28.4 Å². The van der Waals surface area contributed by atoms with Crippen molar-refractivity contribution in [3.63, 3.8) is 0 Å². The van der Waals surface area contributed by atoms with Crippen LogP contribution in [-0.4, -0.2) is 27.1 Å². The Bertz CT molecular complexity index is 980. The standard InChI is InChI=1S/C21H22N2O3S/c1-4-15-10-11-16(14-27(25)17-8-6-5-7-9-17)20(21(24)26-3)19(15)18-12-13-22-23(18)2/h5-13H,4,14H2,1-3H3. The molecule has 0 saturated heterocycles. The maximum Gasteiger partial charge on any atom is 0.338 e. The third-order valence-electron chi connectivity index (χ3n) is 4.52. The van der Waals surface area contributed by atoms with E-state index in [0.29, 0.717) is 11.1 Å². The Morgan fingerprint density at radius 2 is 1.81 bits per heavy atom. The summed E-state index contributed by atoms with van der Waals surface area (Å²) in [4.78, 5) is 13.4. The van der Waals surface area contributed by atoms with Crippen molar-refractivity contribution in [1.29, 1.82) is 0 Å². The van der Waals surface area contributed by atoms with Crippen molar-refractivity contribution in [2.75, 3.05) is 7.11 Å². The fourth-order valence-electron chi connectivity index (χ4n) is 3.15. The van der Waals surface area contributed by atoms with E-state index < -0.39 is 16.8 Å². The minimum absolute atomic E-state index is 0.239. The van der Waals surface area contributed by atoms with Gasteiger partial charge < -0.3 is 4.74 Å². The van der Waals surface area contributed by atoms with Crippen LogP contribution in [0.4, 0.5) is 0 Å². The number of carbonyl (C=O) groups is 1. The molecule has 0 spiro atoms. The Kier molecular flexibility index (Phi) is 5.86. The number of ether oxygens (including phenoxy) is 1. The van der Waals surface area contributed by atoms with Gasteiger partial charge in [0.15, 0.2) is 0 Å². The average molecular weight is 382 g/mol. The van der Waals surface area contributed by atoms with Crippen molar-refractivity contribution >= 4 is 16.8 Å². The molecular weight excluding hydrogens is 360 g/mol. The molecule has 0 aliphatic carbocycles. The Hall–Kier alpha value is -2.73. The molecule has 0 aliphatic heterocycles. The minimum Gasteiger partial charge on any atom is -0.465 e. The molecule has 0 radical (unpaired) electrons. The van der Waals surface area contributed by atoms with E-state index in [2.05, 4.69) is 5.10 Å². The van der Waals surface area contributed by atoms with Crippen molar-refractivity contribution in [1.82, 2.24) is 9.78 Å². The van der Waals surface area contributed by atoms with Crippen LogP contribution < -0.4 is 0 Å². The number of nitrogens with zero attached hydrogens (tertiary/aromatic N) is 2. The predicted molar refractivity (Wildman–Crippen MR) is 106 cm³/mol. The third kappa shape index (κ3) is 3.85. The molecule has 140 valence electrons. The number of aromatic nitrogens is 2. The maximum atomic E-state index is 12.8. The lowest BCUT2D eigenvalue weighted by molar-refractivity contribution is 0.0600. The summed E-state index contributed by atoms with van der Waals surface area (Å²) >= 11 is 0. The molecule has 1 heterocycles. The van der Waals surface area contributed by atoms with E-state index in [9.17, 15) is 9.00 Å². The van der Waals surface area contributed by atoms with Crippen LogP contribution in [0.3, 0.4) is 0 Å². The molecule has 3 rings (SSSR count). The SMILES string of the molecule is CCc1ccc(CS(=O)c2ccccc2)c(C(=O)OC)c1-c1ccnn1C. The van der Waals surface area contributed by atoms with Crippen LogP contribution >= 0.6 is 0 Å². The molecule has 5 nitrogen and oxygen atoms in total. The summed E-state index contributed by atoms with van der Waals surface area (Å²) in [5, 5.41) is 4.24. The molecule has 1 aromatic heterocycles. The van der Waals surface area contributed by atoms with E-state index in [0.717, 1.165) is 28.1 Å². The Morgan fingerprint density at radius 3 is 2.41 bits per heavy atom. The van der Waals surface area contributed by atoms with Gasteiger partial charge in [0, 0.05) is 23.7 Å². The summed E-state index contributed by atoms with van der Waals surface area (Å²) in [5.74, 6) is -0.190. The van der Waals surface area contributed by atoms with Gasteiger partial charge >= 0.3 is 5.97 Å². The monoisotopic (exact) mass is 382 g/mol. The second-order valence-electron chi connectivity index (χ2n) is 6.12. The summed E-state index contributed by atoms with van der Waals surface area (Å²) in [6.45, 7) is 2.04. The van der Waals surface area contributed by atoms with Crippen molar-refractivity contribution in [2.45, 2.75) is 24.0 Å². The molecule has 6 heteroatoms. The first kappa shape index (κ1) is 19.0. The van der Waals surface area contributed by atoms with Crippen LogP contribution in [0, 0.1) is 0 Å². The Balaban J connectivity index is 2.16. The molecule has 0 fully saturated rings. The zero-order valence-electron chi connectivity index (χ0n) is 15.6. The van der Waals surface area contributed by atoms with E-state index in [-0.39, 0.29) is 5.75 Å². The third-order valence-corrected chi connectivity index (χ3v) is 5.89. The lowest BCUT2D eigenvalue weighted by atomic mass is 9.93. The van der Waals surface area contributed by atoms with Gasteiger partial charge in [-0.2, -0.15) is 5.10 Å². The van der Waals surface area contributed by atoms with Gasteiger partial charge in [-0.15, -0.1) is 0 Å². The molecule has 27 heavy (non-hydrogen) atoms. The number of methoxy groups -OCH3 is 1. The fourth-order valence-corrected chi connectivity index (χ4v) is 4.30. The predicted octanol–water partition coefficient (Wildman–Crippen LogP) is 3.74. The molecule has 0 N–H and O–H groups in total. The average Bonchev–Trinajstić information content (AvgIpc) is 3.13. The highest BCUT2D eigenvalue weighted by molar-refractivity contribution is 7.84. The summed E-state index contributed by atoms with van der Waals surface area (Å²) in [6, 6.07) is 15.0. The number of carbonyl (C=O) groups excluding carboxylic acids is 1. The fraction of sp³-hybridized carbons (Fsp3) is 0.238. The van der Waals surface area contributed by atoms with Crippen molar-refractivity contribution in [3.8, 4) is 11.3 Å². The Labute approximate surface area is 161 Å². The summed E-state index contributed by atoms with van der Waals surface area (Å²) in [5.41, 5.74) is 3.82. The van der Waals surface area contributed by atoms with E-state index in [1.54, 1.807) is 10.9 Å². The van der Waals surface area contributed by atoms with E-state index in [4.69, 9.17) is 4.74 Å². The van der Waals surface area contributed by atoms with Gasteiger partial charge in [-0.05, 0) is 35.7 Å². The quantitative estimate of drug-likeness (QED) is 0.609. The van der Waals surface area contributed by atoms with Crippen molar-refractivity contribution in [3.05, 3.63) is 71.4 Å². The first-order valence-electron chi connectivity index (χ1n) is 8.71. The largest absolute Gasteiger partial charge is 0.465 e. The highest BCUT2D eigenvalue weighted by Crippen LogP contribution is 2.32. The zero-order chi connectivity index (χ0) is 19.4. The lowest BCUT2D eigenvalue weighted by Gasteiger charge is -2.17. The Morgan fingerprint density at radius 1 is 1.11 bits per heavy atom. The molecule has 0 saturated carbocycles. The normalized spacial score (nSPS) is 12.0. The number of rotatable bonds is 6. The second kappa shape index (κ2) is 8.31. The molecule has 1 unspecified atom stereocenters. The van der Waals surface area contributed by atoms with Crippen LogP contribution in [0.2, 0.25) is 0 Å². The maximum absolute atomic E-state index is 12.8. The summed E-state index contributed by atoms with van der Waals surface area (Å²) < 4.78 is 19.6. The molecular formula is C21H22N2O3S. The molecule has 1 atom stereocenters. The van der Waals surface area contributed by atoms with Crippen LogP contribution in [0.5, 0.6) is 0 Å². The van der Waals surface area contributed by atoms with Crippen LogP contribution in [0.15, 0.2) is 59.6 Å². The number of hydrogen-bond acceptors (Lipinski definition) is 4. The molecule has 2 aromatic carbocycles. The van der Waals surface area contributed by atoms with Gasteiger partial charge in [-0.3, -0.25) is 8.89 Å². The first-order chi connectivity index (χ1) is 13.1. The molecule has 0 bridgehead atoms. The summed E-state index contributed by atoms with van der Waals surface area (Å²) in [6.07, 6.45) is 2.46. The van der Waals surface area contributed by atoms with Gasteiger partial charge in [0.2, 0.25) is 0 Å². The summed E-state index contributed by atoms with van der Waals surface area (Å²) in [7, 11) is 1.94. The van der Waals surface area contributed by atoms with Crippen LogP contribution in [-0.2, 0) is 34.8 Å². The lowest BCUT2D eigenvalue weighted by Crippen LogP contribution is -2.13.